The maximum absolute atomic E-state index is 13.0. The predicted molar refractivity (Wildman–Crippen MR) is 67.6 cm³/mol. The molecule has 1 aromatic rings. The molecule has 1 aromatic carbocycles. The Hall–Kier alpha value is -1.03. The molecule has 1 atom stereocenters. The highest BCUT2D eigenvalue weighted by atomic mass is 19.4. The summed E-state index contributed by atoms with van der Waals surface area (Å²) in [5.74, 6) is 0.108. The van der Waals surface area contributed by atoms with Crippen LogP contribution in [0, 0.1) is 5.92 Å². The molecule has 0 amide bonds. The molecule has 0 saturated heterocycles. The van der Waals surface area contributed by atoms with E-state index in [1.165, 1.54) is 12.1 Å². The third kappa shape index (κ3) is 3.73. The van der Waals surface area contributed by atoms with E-state index in [9.17, 15) is 13.2 Å². The molecule has 0 aliphatic heterocycles. The normalized spacial score (nSPS) is 13.9. The van der Waals surface area contributed by atoms with Crippen molar-refractivity contribution in [3.05, 3.63) is 35.4 Å². The molecule has 1 nitrogen and oxygen atoms in total. The van der Waals surface area contributed by atoms with E-state index in [1.807, 2.05) is 20.9 Å². The molecule has 0 aromatic heterocycles. The smallest absolute Gasteiger partial charge is 0.320 e. The van der Waals surface area contributed by atoms with Gasteiger partial charge in [0.05, 0.1) is 5.56 Å². The highest BCUT2D eigenvalue weighted by Crippen LogP contribution is 2.38. The largest absolute Gasteiger partial charge is 0.416 e. The zero-order valence-corrected chi connectivity index (χ0v) is 11.0. The van der Waals surface area contributed by atoms with Gasteiger partial charge in [-0.1, -0.05) is 32.0 Å². The minimum absolute atomic E-state index is 0.0738. The van der Waals surface area contributed by atoms with Crippen molar-refractivity contribution in [3.63, 3.8) is 0 Å². The molecule has 1 unspecified atom stereocenters. The van der Waals surface area contributed by atoms with Gasteiger partial charge in [-0.2, -0.15) is 13.2 Å². The molecule has 0 aliphatic carbocycles. The molecule has 0 saturated carbocycles. The van der Waals surface area contributed by atoms with Gasteiger partial charge in [-0.25, -0.2) is 0 Å². The molecule has 0 spiro atoms. The van der Waals surface area contributed by atoms with E-state index in [2.05, 4.69) is 5.32 Å². The summed E-state index contributed by atoms with van der Waals surface area (Å²) in [6.07, 6.45) is -3.56. The third-order valence-electron chi connectivity index (χ3n) is 3.18. The minimum atomic E-state index is -4.27. The SMILES string of the molecule is CNCCC(c1ccccc1C(F)(F)F)C(C)C. The zero-order valence-electron chi connectivity index (χ0n) is 11.0. The van der Waals surface area contributed by atoms with Gasteiger partial charge in [0.1, 0.15) is 0 Å². The third-order valence-corrected chi connectivity index (χ3v) is 3.18. The van der Waals surface area contributed by atoms with Crippen LogP contribution in [-0.2, 0) is 6.18 Å². The second-order valence-corrected chi connectivity index (χ2v) is 4.83. The molecule has 0 fully saturated rings. The van der Waals surface area contributed by atoms with E-state index < -0.39 is 11.7 Å². The lowest BCUT2D eigenvalue weighted by atomic mass is 9.83. The summed E-state index contributed by atoms with van der Waals surface area (Å²) in [4.78, 5) is 0. The summed E-state index contributed by atoms with van der Waals surface area (Å²) < 4.78 is 38.9. The molecule has 4 heteroatoms. The van der Waals surface area contributed by atoms with Gasteiger partial charge in [0.2, 0.25) is 0 Å². The van der Waals surface area contributed by atoms with Crippen molar-refractivity contribution in [2.24, 2.45) is 5.92 Å². The minimum Gasteiger partial charge on any atom is -0.320 e. The van der Waals surface area contributed by atoms with Crippen LogP contribution in [0.5, 0.6) is 0 Å². The number of halogens is 3. The highest BCUT2D eigenvalue weighted by Gasteiger charge is 2.35. The van der Waals surface area contributed by atoms with Crippen molar-refractivity contribution < 1.29 is 13.2 Å². The van der Waals surface area contributed by atoms with Crippen LogP contribution in [0.4, 0.5) is 13.2 Å². The van der Waals surface area contributed by atoms with Crippen LogP contribution in [0.3, 0.4) is 0 Å². The predicted octanol–water partition coefficient (Wildman–Crippen LogP) is 4.05. The van der Waals surface area contributed by atoms with Crippen molar-refractivity contribution in [1.82, 2.24) is 5.32 Å². The molecule has 0 heterocycles. The Morgan fingerprint density at radius 1 is 1.17 bits per heavy atom. The molecule has 0 bridgehead atoms. The van der Waals surface area contributed by atoms with Crippen LogP contribution in [0.2, 0.25) is 0 Å². The van der Waals surface area contributed by atoms with Gasteiger partial charge in [0.15, 0.2) is 0 Å². The van der Waals surface area contributed by atoms with Crippen LogP contribution in [-0.4, -0.2) is 13.6 Å². The first kappa shape index (κ1) is 15.0. The zero-order chi connectivity index (χ0) is 13.8. The van der Waals surface area contributed by atoms with Crippen LogP contribution in [0.1, 0.15) is 37.3 Å². The Kier molecular flexibility index (Phi) is 5.20. The number of alkyl halides is 3. The van der Waals surface area contributed by atoms with Crippen LogP contribution >= 0.6 is 0 Å². The van der Waals surface area contributed by atoms with Gasteiger partial charge in [-0.15, -0.1) is 0 Å². The lowest BCUT2D eigenvalue weighted by Crippen LogP contribution is -2.19. The number of benzene rings is 1. The second kappa shape index (κ2) is 6.23. The van der Waals surface area contributed by atoms with Crippen molar-refractivity contribution in [1.29, 1.82) is 0 Å². The Labute approximate surface area is 106 Å². The molecule has 102 valence electrons. The van der Waals surface area contributed by atoms with Gasteiger partial charge in [-0.05, 0) is 43.5 Å². The molecular weight excluding hydrogens is 239 g/mol. The van der Waals surface area contributed by atoms with E-state index in [0.717, 1.165) is 6.54 Å². The quantitative estimate of drug-likeness (QED) is 0.841. The summed E-state index contributed by atoms with van der Waals surface area (Å²) in [5, 5.41) is 3.00. The molecule has 0 radical (unpaired) electrons. The van der Waals surface area contributed by atoms with Crippen molar-refractivity contribution in [2.45, 2.75) is 32.4 Å². The first-order chi connectivity index (χ1) is 8.38. The Morgan fingerprint density at radius 3 is 2.28 bits per heavy atom. The summed E-state index contributed by atoms with van der Waals surface area (Å²) in [6.45, 7) is 4.65. The van der Waals surface area contributed by atoms with E-state index in [4.69, 9.17) is 0 Å². The summed E-state index contributed by atoms with van der Waals surface area (Å²) >= 11 is 0. The van der Waals surface area contributed by atoms with Crippen LogP contribution in [0.15, 0.2) is 24.3 Å². The average molecular weight is 259 g/mol. The summed E-state index contributed by atoms with van der Waals surface area (Å²) in [6, 6.07) is 5.90. The monoisotopic (exact) mass is 259 g/mol. The first-order valence-corrected chi connectivity index (χ1v) is 6.18. The Morgan fingerprint density at radius 2 is 1.78 bits per heavy atom. The lowest BCUT2D eigenvalue weighted by molar-refractivity contribution is -0.138. The number of nitrogens with one attached hydrogen (secondary N) is 1. The van der Waals surface area contributed by atoms with Gasteiger partial charge in [0.25, 0.3) is 0 Å². The number of rotatable bonds is 5. The van der Waals surface area contributed by atoms with Gasteiger partial charge in [-0.3, -0.25) is 0 Å². The average Bonchev–Trinajstić information content (AvgIpc) is 2.28. The van der Waals surface area contributed by atoms with Crippen LogP contribution in [0.25, 0.3) is 0 Å². The summed E-state index contributed by atoms with van der Waals surface area (Å²) in [7, 11) is 1.81. The molecule has 0 aliphatic rings. The van der Waals surface area contributed by atoms with E-state index in [1.54, 1.807) is 12.1 Å². The number of hydrogen-bond donors (Lipinski definition) is 1. The first-order valence-electron chi connectivity index (χ1n) is 6.18. The van der Waals surface area contributed by atoms with Gasteiger partial charge in [0, 0.05) is 0 Å². The highest BCUT2D eigenvalue weighted by molar-refractivity contribution is 5.33. The maximum Gasteiger partial charge on any atom is 0.416 e. The molecule has 1 N–H and O–H groups in total. The van der Waals surface area contributed by atoms with E-state index in [-0.39, 0.29) is 11.8 Å². The second-order valence-electron chi connectivity index (χ2n) is 4.83. The van der Waals surface area contributed by atoms with Crippen molar-refractivity contribution in [2.75, 3.05) is 13.6 Å². The van der Waals surface area contributed by atoms with Crippen molar-refractivity contribution in [3.8, 4) is 0 Å². The fraction of sp³-hybridized carbons (Fsp3) is 0.571. The van der Waals surface area contributed by atoms with Gasteiger partial charge < -0.3 is 5.32 Å². The van der Waals surface area contributed by atoms with Gasteiger partial charge >= 0.3 is 6.18 Å². The number of hydrogen-bond acceptors (Lipinski definition) is 1. The van der Waals surface area contributed by atoms with E-state index in [0.29, 0.717) is 12.0 Å². The lowest BCUT2D eigenvalue weighted by Gasteiger charge is -2.24. The fourth-order valence-corrected chi connectivity index (χ4v) is 2.23. The fourth-order valence-electron chi connectivity index (χ4n) is 2.23. The Balaban J connectivity index is 3.11. The molecule has 18 heavy (non-hydrogen) atoms. The molecular formula is C14H20F3N. The van der Waals surface area contributed by atoms with Crippen molar-refractivity contribution >= 4 is 0 Å². The maximum atomic E-state index is 13.0. The van der Waals surface area contributed by atoms with E-state index >= 15 is 0 Å². The standard InChI is InChI=1S/C14H20F3N/c1-10(2)11(8-9-18-3)12-6-4-5-7-13(12)14(15,16)17/h4-7,10-11,18H,8-9H2,1-3H3. The Bertz CT molecular complexity index is 372. The van der Waals surface area contributed by atoms with Crippen LogP contribution < -0.4 is 5.32 Å². The molecule has 1 rings (SSSR count). The summed E-state index contributed by atoms with van der Waals surface area (Å²) in [5.41, 5.74) is -0.0879. The topological polar surface area (TPSA) is 12.0 Å².